The number of aromatic carboxylic acids is 1. The van der Waals surface area contributed by atoms with Crippen LogP contribution in [0.3, 0.4) is 0 Å². The normalized spacial score (nSPS) is 19.6. The summed E-state index contributed by atoms with van der Waals surface area (Å²) >= 11 is 0. The Morgan fingerprint density at radius 2 is 1.50 bits per heavy atom. The fourth-order valence-electron chi connectivity index (χ4n) is 12.6. The van der Waals surface area contributed by atoms with Gasteiger partial charge in [0.05, 0.1) is 83.0 Å². The van der Waals surface area contributed by atoms with Gasteiger partial charge in [-0.3, -0.25) is 18.7 Å². The Morgan fingerprint density at radius 1 is 0.798 bits per heavy atom. The Kier molecular flexibility index (Phi) is 22.7. The van der Waals surface area contributed by atoms with Crippen molar-refractivity contribution in [3.05, 3.63) is 98.1 Å². The third-order valence-electron chi connectivity index (χ3n) is 16.6. The molecule has 94 heavy (non-hydrogen) atoms. The van der Waals surface area contributed by atoms with E-state index in [2.05, 4.69) is 55.8 Å². The molecular formula is C59H77N9O21P3S2+. The lowest BCUT2D eigenvalue weighted by Crippen LogP contribution is -2.45. The molecule has 0 radical (unpaired) electrons. The SMILES string of the molecule is CC(C)(CNC(=O)CCOCCOCCOCCOCCNC(=O)c1ccc(C2=c3cc4c5c(c3Oc3c2cc2c6c3CCCN6CCC2)CCC[N+]=5CCC4)c(C(=O)O)c1)SSCO[C@@H]1C[C@H](n2cnc3c(N)ncnc32)O[C@@H]1COP(=O)(O)OP(=O)(O)OP(=O)(O)O. The van der Waals surface area contributed by atoms with Gasteiger partial charge in [-0.05, 0) is 87.8 Å². The number of rotatable bonds is 33. The summed E-state index contributed by atoms with van der Waals surface area (Å²) in [6.45, 7) is 9.75. The number of nitrogens with zero attached hydrogens (tertiary/aromatic N) is 6. The van der Waals surface area contributed by atoms with Crippen LogP contribution in [0.2, 0.25) is 0 Å². The first-order chi connectivity index (χ1) is 45.0. The average Bonchev–Trinajstić information content (AvgIpc) is 0.763. The van der Waals surface area contributed by atoms with Crippen molar-refractivity contribution in [2.45, 2.75) is 101 Å². The number of carbonyl (C=O) groups excluding carboxylic acids is 2. The van der Waals surface area contributed by atoms with Gasteiger partial charge < -0.3 is 79.1 Å². The number of aromatic nitrogens is 4. The molecular weight excluding hydrogens is 1330 g/mol. The molecule has 5 aromatic rings. The van der Waals surface area contributed by atoms with Gasteiger partial charge in [-0.25, -0.2) is 38.0 Å². The minimum absolute atomic E-state index is 0.0522. The average molecular weight is 1410 g/mol. The number of nitrogens with one attached hydrogen (secondary N) is 2. The lowest BCUT2D eigenvalue weighted by Gasteiger charge is -2.39. The standard InChI is InChI=1S/C59H76N9O21P3S2/c1-59(2,94-93-35-84-45-30-48(68-34-65-50-55(60)63-33-64-56(50)68)86-46(45)31-85-91(76,77)89-92(78,79)88-90(73,74)75)32-62-47(69)13-19-80-21-23-82-25-26-83-24-22-81-20-14-61-57(70)38-11-12-39(42(29-38)58(71)72)49-43-27-36-7-3-15-66-17-5-9-40(51(36)66)53(43)87-54-41-10-6-18-67-16-4-8-37(52(41)67)28-44(49)54/h11-12,27-29,33-34,45-46,48H,3-10,13-26,30-32,35H2,1-2H3,(H8-,60,61,62,63,64,69,70,71,72,73,74,75,76,77,78,79)/p+1/t45-,46-,48-/m1/s1. The van der Waals surface area contributed by atoms with Crippen molar-refractivity contribution in [2.24, 2.45) is 0 Å². The van der Waals surface area contributed by atoms with Crippen LogP contribution in [0.15, 0.2) is 43.0 Å². The maximum Gasteiger partial charge on any atom is 0.490 e. The number of phosphoric ester groups is 1. The van der Waals surface area contributed by atoms with Crippen LogP contribution < -0.4 is 41.2 Å². The Labute approximate surface area is 548 Å². The van der Waals surface area contributed by atoms with E-state index in [1.807, 2.05) is 13.8 Å². The molecule has 35 heteroatoms. The van der Waals surface area contributed by atoms with E-state index in [1.54, 1.807) is 12.1 Å². The molecule has 0 aliphatic carbocycles. The molecule has 3 aromatic carbocycles. The number of nitrogen functional groups attached to an aromatic ring is 1. The summed E-state index contributed by atoms with van der Waals surface area (Å²) in [6.07, 6.45) is 7.96. The van der Waals surface area contributed by atoms with E-state index in [0.717, 1.165) is 105 Å². The van der Waals surface area contributed by atoms with Crippen molar-refractivity contribution >= 4 is 91.1 Å². The van der Waals surface area contributed by atoms with Crippen LogP contribution >= 0.6 is 45.1 Å². The van der Waals surface area contributed by atoms with Crippen molar-refractivity contribution in [2.75, 3.05) is 115 Å². The number of phosphoric acid groups is 3. The maximum absolute atomic E-state index is 13.6. The molecule has 510 valence electrons. The Hall–Kier alpha value is -5.44. The van der Waals surface area contributed by atoms with Crippen molar-refractivity contribution in [1.29, 1.82) is 0 Å². The van der Waals surface area contributed by atoms with Crippen molar-refractivity contribution in [1.82, 2.24) is 34.7 Å². The lowest BCUT2D eigenvalue weighted by molar-refractivity contribution is -0.122. The molecule has 8 heterocycles. The van der Waals surface area contributed by atoms with Gasteiger partial charge in [0, 0.05) is 95.3 Å². The van der Waals surface area contributed by atoms with Crippen LogP contribution in [0.4, 0.5) is 11.5 Å². The predicted octanol–water partition coefficient (Wildman–Crippen LogP) is 4.68. The summed E-state index contributed by atoms with van der Waals surface area (Å²) in [7, 11) is -14.1. The fourth-order valence-corrected chi connectivity index (χ4v) is 17.8. The van der Waals surface area contributed by atoms with Crippen molar-refractivity contribution in [3.8, 4) is 11.5 Å². The number of ether oxygens (including phenoxy) is 7. The second-order valence-electron chi connectivity index (χ2n) is 23.8. The zero-order chi connectivity index (χ0) is 66.4. The van der Waals surface area contributed by atoms with Crippen LogP contribution in [0.1, 0.15) is 113 Å². The molecule has 5 atom stereocenters. The van der Waals surface area contributed by atoms with E-state index < -0.39 is 65.1 Å². The van der Waals surface area contributed by atoms with E-state index in [1.165, 1.54) is 78.2 Å². The smallest absolute Gasteiger partial charge is 0.478 e. The van der Waals surface area contributed by atoms with Gasteiger partial charge in [0.2, 0.25) is 11.3 Å². The number of hydrogen-bond donors (Lipinski definition) is 8. The zero-order valence-electron chi connectivity index (χ0n) is 51.8. The second-order valence-corrected chi connectivity index (χ2v) is 31.1. The van der Waals surface area contributed by atoms with Gasteiger partial charge >= 0.3 is 29.4 Å². The van der Waals surface area contributed by atoms with Crippen LogP contribution in [0, 0.1) is 0 Å². The Morgan fingerprint density at radius 3 is 2.24 bits per heavy atom. The molecule has 2 unspecified atom stereocenters. The van der Waals surface area contributed by atoms with E-state index in [4.69, 9.17) is 53.2 Å². The number of carboxylic acids is 1. The number of anilines is 2. The molecule has 0 saturated carbocycles. The van der Waals surface area contributed by atoms with E-state index in [9.17, 15) is 43.0 Å². The first-order valence-electron chi connectivity index (χ1n) is 31.0. The molecule has 6 aliphatic heterocycles. The van der Waals surface area contributed by atoms with Crippen LogP contribution in [-0.2, 0) is 85.7 Å². The fraction of sp³-hybridized carbons (Fsp3) is 0.542. The number of carbonyl (C=O) groups is 3. The number of imidazole rings is 1. The van der Waals surface area contributed by atoms with Crippen LogP contribution in [0.25, 0.3) is 16.7 Å². The number of benzene rings is 3. The highest BCUT2D eigenvalue weighted by atomic mass is 33.1. The summed E-state index contributed by atoms with van der Waals surface area (Å²) < 4.78 is 93.4. The van der Waals surface area contributed by atoms with E-state index in [0.29, 0.717) is 43.1 Å². The Balaban J connectivity index is 0.561. The second kappa shape index (κ2) is 30.5. The first-order valence-corrected chi connectivity index (χ1v) is 37.8. The molecule has 9 N–H and O–H groups in total. The largest absolute Gasteiger partial charge is 0.490 e. The lowest BCUT2D eigenvalue weighted by atomic mass is 9.81. The molecule has 1 saturated heterocycles. The van der Waals surface area contributed by atoms with E-state index >= 15 is 0 Å². The molecule has 6 aliphatic rings. The monoisotopic (exact) mass is 1400 g/mol. The van der Waals surface area contributed by atoms with Gasteiger partial charge in [0.15, 0.2) is 11.5 Å². The molecule has 2 amide bonds. The predicted molar refractivity (Wildman–Crippen MR) is 344 cm³/mol. The minimum Gasteiger partial charge on any atom is -0.478 e. The third kappa shape index (κ3) is 17.1. The van der Waals surface area contributed by atoms with Gasteiger partial charge in [-0.2, -0.15) is 8.62 Å². The summed E-state index contributed by atoms with van der Waals surface area (Å²) in [6, 6.07) is 9.48. The number of carboxylic acid groups (broad SMARTS) is 1. The molecule has 0 bridgehead atoms. The highest BCUT2D eigenvalue weighted by molar-refractivity contribution is 8.77. The zero-order valence-corrected chi connectivity index (χ0v) is 56.2. The van der Waals surface area contributed by atoms with Gasteiger partial charge in [0.1, 0.15) is 54.7 Å². The first kappa shape index (κ1) is 69.9. The van der Waals surface area contributed by atoms with Crippen molar-refractivity contribution < 1.29 is 99.1 Å². The van der Waals surface area contributed by atoms with E-state index in [-0.39, 0.29) is 81.2 Å². The molecule has 0 spiro atoms. The number of nitrogens with two attached hydrogens (primary N) is 1. The number of fused-ring (bicyclic) bond motifs is 5. The highest BCUT2D eigenvalue weighted by Gasteiger charge is 2.45. The molecule has 11 rings (SSSR count). The maximum atomic E-state index is 13.6. The number of aryl methyl sites for hydroxylation is 2. The molecule has 2 aromatic heterocycles. The number of hydrogen-bond acceptors (Lipinski definition) is 23. The minimum atomic E-state index is -5.76. The van der Waals surface area contributed by atoms with Gasteiger partial charge in [-0.1, -0.05) is 27.7 Å². The third-order valence-corrected chi connectivity index (χ3v) is 23.4. The van der Waals surface area contributed by atoms with Crippen LogP contribution in [-0.4, -0.2) is 184 Å². The Bertz CT molecular complexity index is 3950. The molecule has 1 fully saturated rings. The summed E-state index contributed by atoms with van der Waals surface area (Å²) in [4.78, 5) is 91.8. The van der Waals surface area contributed by atoms with Crippen molar-refractivity contribution in [3.63, 3.8) is 0 Å². The summed E-state index contributed by atoms with van der Waals surface area (Å²) in [5.74, 6) is 0.0884. The van der Waals surface area contributed by atoms with Gasteiger partial charge in [-0.15, -0.1) is 0 Å². The van der Waals surface area contributed by atoms with Gasteiger partial charge in [0.25, 0.3) is 5.91 Å². The highest BCUT2D eigenvalue weighted by Crippen LogP contribution is 2.66. The number of amides is 2. The quantitative estimate of drug-likeness (QED) is 0.00911. The summed E-state index contributed by atoms with van der Waals surface area (Å²) in [5, 5.41) is 18.8. The summed E-state index contributed by atoms with van der Waals surface area (Å²) in [5.41, 5.74) is 15.4. The van der Waals surface area contributed by atoms with Crippen LogP contribution in [0.5, 0.6) is 11.5 Å². The topological polar surface area (TPSA) is 396 Å². The molecule has 30 nitrogen and oxygen atoms in total.